The maximum atomic E-state index is 11.9. The number of pyridine rings is 1. The maximum Gasteiger partial charge on any atom is 0.191 e. The molecule has 0 spiro atoms. The van der Waals surface area contributed by atoms with E-state index < -0.39 is 0 Å². The summed E-state index contributed by atoms with van der Waals surface area (Å²) in [6.45, 7) is 1.76. The van der Waals surface area contributed by atoms with Crippen molar-refractivity contribution in [2.24, 2.45) is 0 Å². The second-order valence-electron chi connectivity index (χ2n) is 3.59. The molecule has 0 saturated carbocycles. The van der Waals surface area contributed by atoms with E-state index in [1.54, 1.807) is 13.0 Å². The van der Waals surface area contributed by atoms with Crippen molar-refractivity contribution in [2.45, 2.75) is 6.92 Å². The molecule has 86 valence electrons. The molecule has 0 saturated heterocycles. The molecule has 0 radical (unpaired) electrons. The average molecular weight is 249 g/mol. The van der Waals surface area contributed by atoms with Crippen molar-refractivity contribution in [3.63, 3.8) is 0 Å². The zero-order chi connectivity index (χ0) is 12.6. The summed E-state index contributed by atoms with van der Waals surface area (Å²) < 4.78 is 5.15. The summed E-state index contributed by atoms with van der Waals surface area (Å²) in [5, 5.41) is 9.74. The van der Waals surface area contributed by atoms with Gasteiger partial charge in [0.05, 0.1) is 18.0 Å². The molecule has 1 aromatic carbocycles. The van der Waals surface area contributed by atoms with Crippen molar-refractivity contribution < 1.29 is 4.74 Å². The monoisotopic (exact) mass is 248 g/mol. The number of nitrogens with zero attached hydrogens (tertiary/aromatic N) is 1. The number of hydrogen-bond acceptors (Lipinski definition) is 3. The molecule has 0 aliphatic carbocycles. The second kappa shape index (κ2) is 4.11. The number of aromatic amines is 1. The third kappa shape index (κ3) is 1.75. The molecule has 17 heavy (non-hydrogen) atoms. The highest BCUT2D eigenvalue weighted by Crippen LogP contribution is 2.30. The normalized spacial score (nSPS) is 10.2. The Bertz CT molecular complexity index is 698. The molecule has 0 aliphatic rings. The number of ether oxygens (including phenoxy) is 1. The lowest BCUT2D eigenvalue weighted by Crippen LogP contribution is -2.06. The number of halogens is 1. The zero-order valence-corrected chi connectivity index (χ0v) is 10.1. The van der Waals surface area contributed by atoms with E-state index in [0.29, 0.717) is 27.2 Å². The number of methoxy groups -OCH3 is 1. The Morgan fingerprint density at radius 3 is 2.76 bits per heavy atom. The molecule has 0 unspecified atom stereocenters. The molecule has 5 heteroatoms. The molecular formula is C12H9ClN2O2. The van der Waals surface area contributed by atoms with Crippen molar-refractivity contribution in [2.75, 3.05) is 7.11 Å². The first-order valence-corrected chi connectivity index (χ1v) is 5.26. The Balaban J connectivity index is 3.04. The molecule has 0 fully saturated rings. The molecule has 2 aromatic rings. The lowest BCUT2D eigenvalue weighted by atomic mass is 10.1. The van der Waals surface area contributed by atoms with E-state index in [2.05, 4.69) is 4.98 Å². The van der Waals surface area contributed by atoms with Crippen LogP contribution in [0.3, 0.4) is 0 Å². The highest BCUT2D eigenvalue weighted by Gasteiger charge is 2.12. The van der Waals surface area contributed by atoms with Gasteiger partial charge in [-0.3, -0.25) is 4.79 Å². The number of fused-ring (bicyclic) bond motifs is 1. The van der Waals surface area contributed by atoms with E-state index in [-0.39, 0.29) is 11.1 Å². The molecule has 1 aromatic heterocycles. The number of H-pyrrole nitrogens is 1. The first kappa shape index (κ1) is 11.5. The number of aromatic nitrogens is 1. The van der Waals surface area contributed by atoms with Crippen molar-refractivity contribution >= 4 is 22.5 Å². The Kier molecular flexibility index (Phi) is 2.78. The minimum atomic E-state index is -0.242. The lowest BCUT2D eigenvalue weighted by molar-refractivity contribution is 0.419. The van der Waals surface area contributed by atoms with Gasteiger partial charge in [-0.25, -0.2) is 0 Å². The topological polar surface area (TPSA) is 65.9 Å². The fraction of sp³-hybridized carbons (Fsp3) is 0.167. The minimum absolute atomic E-state index is 0.197. The zero-order valence-electron chi connectivity index (χ0n) is 9.30. The van der Waals surface area contributed by atoms with Gasteiger partial charge in [-0.15, -0.1) is 0 Å². The van der Waals surface area contributed by atoms with E-state index in [1.165, 1.54) is 13.2 Å². The Labute approximate surface area is 102 Å². The van der Waals surface area contributed by atoms with Crippen LogP contribution in [0.2, 0.25) is 5.02 Å². The summed E-state index contributed by atoms with van der Waals surface area (Å²) >= 11 is 6.02. The largest absolute Gasteiger partial charge is 0.494 e. The molecule has 0 atom stereocenters. The summed E-state index contributed by atoms with van der Waals surface area (Å²) in [6, 6.07) is 4.78. The molecule has 0 amide bonds. The predicted octanol–water partition coefficient (Wildman–Crippen LogP) is 2.37. The van der Waals surface area contributed by atoms with Crippen molar-refractivity contribution in [3.8, 4) is 11.8 Å². The fourth-order valence-electron chi connectivity index (χ4n) is 1.75. The highest BCUT2D eigenvalue weighted by atomic mass is 35.5. The lowest BCUT2D eigenvalue weighted by Gasteiger charge is -2.09. The smallest absolute Gasteiger partial charge is 0.191 e. The van der Waals surface area contributed by atoms with Crippen LogP contribution in [0.15, 0.2) is 16.9 Å². The highest BCUT2D eigenvalue weighted by molar-refractivity contribution is 6.32. The van der Waals surface area contributed by atoms with Crippen LogP contribution in [-0.4, -0.2) is 12.1 Å². The molecule has 0 aliphatic heterocycles. The summed E-state index contributed by atoms with van der Waals surface area (Å²) in [5.41, 5.74) is 1.13. The van der Waals surface area contributed by atoms with Crippen molar-refractivity contribution in [3.05, 3.63) is 38.6 Å². The van der Waals surface area contributed by atoms with Crippen LogP contribution in [0.4, 0.5) is 0 Å². The van der Waals surface area contributed by atoms with E-state index in [0.717, 1.165) is 0 Å². The summed E-state index contributed by atoms with van der Waals surface area (Å²) in [5.74, 6) is 0.449. The first-order chi connectivity index (χ1) is 8.08. The van der Waals surface area contributed by atoms with Gasteiger partial charge in [0.2, 0.25) is 0 Å². The van der Waals surface area contributed by atoms with Gasteiger partial charge in [0.15, 0.2) is 5.43 Å². The van der Waals surface area contributed by atoms with E-state index in [4.69, 9.17) is 21.6 Å². The standard InChI is InChI=1S/C12H9ClN2O2/c1-6-8(13)4-10(17-2)12-11(6)9(16)3-7(5-14)15-12/h3-4H,1-2H3,(H,15,16). The van der Waals surface area contributed by atoms with Gasteiger partial charge in [-0.1, -0.05) is 11.6 Å². The van der Waals surface area contributed by atoms with Crippen LogP contribution in [0.5, 0.6) is 5.75 Å². The number of nitrogens with one attached hydrogen (secondary N) is 1. The predicted molar refractivity (Wildman–Crippen MR) is 65.6 cm³/mol. The van der Waals surface area contributed by atoms with Gasteiger partial charge in [0, 0.05) is 17.2 Å². The molecule has 0 bridgehead atoms. The Morgan fingerprint density at radius 2 is 2.18 bits per heavy atom. The van der Waals surface area contributed by atoms with Crippen molar-refractivity contribution in [1.29, 1.82) is 5.26 Å². The summed E-state index contributed by atoms with van der Waals surface area (Å²) in [6.07, 6.45) is 0. The number of nitriles is 1. The van der Waals surface area contributed by atoms with Gasteiger partial charge in [0.25, 0.3) is 0 Å². The molecule has 1 heterocycles. The molecular weight excluding hydrogens is 240 g/mol. The van der Waals surface area contributed by atoms with Crippen molar-refractivity contribution in [1.82, 2.24) is 4.98 Å². The third-order valence-corrected chi connectivity index (χ3v) is 3.00. The average Bonchev–Trinajstić information content (AvgIpc) is 2.32. The maximum absolute atomic E-state index is 11.9. The summed E-state index contributed by atoms with van der Waals surface area (Å²) in [7, 11) is 1.48. The van der Waals surface area contributed by atoms with Gasteiger partial charge in [0.1, 0.15) is 17.5 Å². The van der Waals surface area contributed by atoms with Crippen LogP contribution in [0.1, 0.15) is 11.3 Å². The quantitative estimate of drug-likeness (QED) is 0.843. The molecule has 4 nitrogen and oxygen atoms in total. The van der Waals surface area contributed by atoms with Gasteiger partial charge >= 0.3 is 0 Å². The number of aryl methyl sites for hydroxylation is 1. The number of rotatable bonds is 1. The second-order valence-corrected chi connectivity index (χ2v) is 4.00. The molecule has 1 N–H and O–H groups in total. The van der Waals surface area contributed by atoms with E-state index in [1.807, 2.05) is 6.07 Å². The molecule has 2 rings (SSSR count). The van der Waals surface area contributed by atoms with Crippen LogP contribution in [-0.2, 0) is 0 Å². The SMILES string of the molecule is COc1cc(Cl)c(C)c2c(=O)cc(C#N)[nH]c12. The van der Waals surface area contributed by atoms with E-state index in [9.17, 15) is 4.79 Å². The number of hydrogen-bond donors (Lipinski definition) is 1. The Morgan fingerprint density at radius 1 is 1.47 bits per heavy atom. The summed E-state index contributed by atoms with van der Waals surface area (Å²) in [4.78, 5) is 14.8. The minimum Gasteiger partial charge on any atom is -0.494 e. The van der Waals surface area contributed by atoms with Crippen LogP contribution < -0.4 is 10.2 Å². The third-order valence-electron chi connectivity index (χ3n) is 2.61. The fourth-order valence-corrected chi connectivity index (χ4v) is 1.95. The van der Waals surface area contributed by atoms with Crippen LogP contribution in [0.25, 0.3) is 10.9 Å². The van der Waals surface area contributed by atoms with Gasteiger partial charge < -0.3 is 9.72 Å². The number of benzene rings is 1. The van der Waals surface area contributed by atoms with Gasteiger partial charge in [-0.2, -0.15) is 5.26 Å². The van der Waals surface area contributed by atoms with Gasteiger partial charge in [-0.05, 0) is 12.5 Å². The van der Waals surface area contributed by atoms with Crippen LogP contribution >= 0.6 is 11.6 Å². The van der Waals surface area contributed by atoms with Crippen LogP contribution in [0, 0.1) is 18.3 Å². The first-order valence-electron chi connectivity index (χ1n) is 4.88. The Hall–Kier alpha value is -1.99. The van der Waals surface area contributed by atoms with E-state index >= 15 is 0 Å².